The average molecular weight is 441 g/mol. The van der Waals surface area contributed by atoms with Gasteiger partial charge in [0, 0.05) is 30.4 Å². The second-order valence-corrected chi connectivity index (χ2v) is 7.24. The van der Waals surface area contributed by atoms with Crippen molar-refractivity contribution in [3.05, 3.63) is 63.2 Å². The topological polar surface area (TPSA) is 128 Å². The summed E-state index contributed by atoms with van der Waals surface area (Å²) in [5, 5.41) is 14.2. The molecule has 2 aromatic carbocycles. The van der Waals surface area contributed by atoms with Crippen molar-refractivity contribution in [1.82, 2.24) is 0 Å². The van der Waals surface area contributed by atoms with Crippen LogP contribution >= 0.6 is 0 Å². The van der Waals surface area contributed by atoms with Crippen LogP contribution in [0.2, 0.25) is 0 Å². The van der Waals surface area contributed by atoms with Gasteiger partial charge < -0.3 is 19.7 Å². The second-order valence-electron chi connectivity index (χ2n) is 7.24. The predicted molar refractivity (Wildman–Crippen MR) is 116 cm³/mol. The number of carbonyl (C=O) groups excluding carboxylic acids is 3. The Morgan fingerprint density at radius 2 is 1.50 bits per heavy atom. The van der Waals surface area contributed by atoms with E-state index in [9.17, 15) is 24.5 Å². The molecule has 1 amide bonds. The molecule has 1 aliphatic rings. The Hall–Kier alpha value is -3.95. The highest BCUT2D eigenvalue weighted by Crippen LogP contribution is 2.31. The second kappa shape index (κ2) is 9.90. The molecule has 0 spiro atoms. The zero-order valence-electron chi connectivity index (χ0n) is 17.8. The number of nitro benzene ring substituents is 1. The van der Waals surface area contributed by atoms with Crippen LogP contribution < -0.4 is 10.2 Å². The molecule has 3 rings (SSSR count). The van der Waals surface area contributed by atoms with Crippen molar-refractivity contribution in [3.8, 4) is 0 Å². The number of nitrogens with one attached hydrogen (secondary N) is 1. The van der Waals surface area contributed by atoms with Crippen LogP contribution in [-0.4, -0.2) is 50.1 Å². The lowest BCUT2D eigenvalue weighted by Crippen LogP contribution is -2.30. The van der Waals surface area contributed by atoms with Crippen LogP contribution in [0.15, 0.2) is 36.4 Å². The van der Waals surface area contributed by atoms with Gasteiger partial charge in [-0.05, 0) is 49.6 Å². The fraction of sp³-hybridized carbons (Fsp3) is 0.318. The van der Waals surface area contributed by atoms with E-state index in [1.165, 1.54) is 44.6 Å². The van der Waals surface area contributed by atoms with E-state index in [2.05, 4.69) is 14.8 Å². The summed E-state index contributed by atoms with van der Waals surface area (Å²) in [6.45, 7) is 1.45. The molecule has 32 heavy (non-hydrogen) atoms. The van der Waals surface area contributed by atoms with Gasteiger partial charge in [0.05, 0.1) is 30.3 Å². The van der Waals surface area contributed by atoms with Crippen LogP contribution in [0.25, 0.3) is 0 Å². The smallest absolute Gasteiger partial charge is 0.337 e. The van der Waals surface area contributed by atoms with Gasteiger partial charge in [0.15, 0.2) is 0 Å². The first-order valence-electron chi connectivity index (χ1n) is 10.0. The first-order chi connectivity index (χ1) is 15.3. The number of rotatable bonds is 6. The number of esters is 2. The molecule has 10 nitrogen and oxygen atoms in total. The summed E-state index contributed by atoms with van der Waals surface area (Å²) in [5.74, 6) is -2.03. The molecular formula is C22H23N3O7. The molecule has 10 heteroatoms. The van der Waals surface area contributed by atoms with Crippen LogP contribution in [-0.2, 0) is 9.47 Å². The van der Waals surface area contributed by atoms with Crippen LogP contribution in [0.1, 0.15) is 50.3 Å². The summed E-state index contributed by atoms with van der Waals surface area (Å²) >= 11 is 0. The van der Waals surface area contributed by atoms with Crippen molar-refractivity contribution in [2.24, 2.45) is 0 Å². The monoisotopic (exact) mass is 441 g/mol. The third kappa shape index (κ3) is 5.02. The summed E-state index contributed by atoms with van der Waals surface area (Å²) in [6, 6.07) is 8.27. The van der Waals surface area contributed by atoms with E-state index in [0.29, 0.717) is 5.69 Å². The van der Waals surface area contributed by atoms with Crippen molar-refractivity contribution in [2.75, 3.05) is 37.5 Å². The van der Waals surface area contributed by atoms with E-state index in [1.54, 1.807) is 6.07 Å². The van der Waals surface area contributed by atoms with Crippen LogP contribution in [0.5, 0.6) is 0 Å². The van der Waals surface area contributed by atoms with Gasteiger partial charge in [0.25, 0.3) is 11.6 Å². The third-order valence-corrected chi connectivity index (χ3v) is 5.16. The minimum atomic E-state index is -0.701. The van der Waals surface area contributed by atoms with E-state index in [1.807, 2.05) is 4.90 Å². The Labute approximate surface area is 184 Å². The number of amides is 1. The van der Waals surface area contributed by atoms with Gasteiger partial charge in [-0.3, -0.25) is 14.9 Å². The lowest BCUT2D eigenvalue weighted by atomic mass is 10.1. The number of ether oxygens (including phenoxy) is 2. The minimum Gasteiger partial charge on any atom is -0.465 e. The number of methoxy groups -OCH3 is 2. The first kappa shape index (κ1) is 22.7. The number of hydrogen-bond acceptors (Lipinski definition) is 8. The van der Waals surface area contributed by atoms with Gasteiger partial charge in [-0.15, -0.1) is 0 Å². The van der Waals surface area contributed by atoms with Crippen LogP contribution in [0, 0.1) is 10.1 Å². The molecule has 0 radical (unpaired) electrons. The molecule has 168 valence electrons. The predicted octanol–water partition coefficient (Wildman–Crippen LogP) is 3.41. The molecule has 0 atom stereocenters. The van der Waals surface area contributed by atoms with Crippen molar-refractivity contribution < 1.29 is 28.8 Å². The van der Waals surface area contributed by atoms with Gasteiger partial charge in [-0.2, -0.15) is 0 Å². The van der Waals surface area contributed by atoms with Gasteiger partial charge in [-0.1, -0.05) is 0 Å². The molecule has 2 aromatic rings. The highest BCUT2D eigenvalue weighted by Gasteiger charge is 2.23. The highest BCUT2D eigenvalue weighted by molar-refractivity contribution is 6.06. The lowest BCUT2D eigenvalue weighted by Gasteiger charge is -2.28. The van der Waals surface area contributed by atoms with Crippen molar-refractivity contribution in [1.29, 1.82) is 0 Å². The molecule has 1 fully saturated rings. The molecule has 0 unspecified atom stereocenters. The zero-order chi connectivity index (χ0) is 23.3. The van der Waals surface area contributed by atoms with E-state index < -0.39 is 22.8 Å². The molecule has 0 saturated carbocycles. The number of hydrogen-bond donors (Lipinski definition) is 1. The molecular weight excluding hydrogens is 418 g/mol. The molecule has 1 saturated heterocycles. The maximum atomic E-state index is 12.8. The molecule has 0 bridgehead atoms. The van der Waals surface area contributed by atoms with Gasteiger partial charge in [0.1, 0.15) is 5.69 Å². The summed E-state index contributed by atoms with van der Waals surface area (Å²) in [5.41, 5.74) is 0.612. The average Bonchev–Trinajstić information content (AvgIpc) is 2.82. The molecule has 1 aliphatic heterocycles. The number of nitro groups is 1. The lowest BCUT2D eigenvalue weighted by molar-refractivity contribution is -0.384. The van der Waals surface area contributed by atoms with Gasteiger partial charge >= 0.3 is 11.9 Å². The third-order valence-electron chi connectivity index (χ3n) is 5.16. The van der Waals surface area contributed by atoms with Gasteiger partial charge in [-0.25, -0.2) is 9.59 Å². The number of carbonyl (C=O) groups is 3. The normalized spacial score (nSPS) is 13.2. The van der Waals surface area contributed by atoms with Crippen molar-refractivity contribution in [3.63, 3.8) is 0 Å². The Balaban J connectivity index is 1.91. The van der Waals surface area contributed by atoms with Crippen LogP contribution in [0.4, 0.5) is 17.1 Å². The summed E-state index contributed by atoms with van der Waals surface area (Å²) in [6.07, 6.45) is 3.00. The van der Waals surface area contributed by atoms with E-state index >= 15 is 0 Å². The van der Waals surface area contributed by atoms with Crippen molar-refractivity contribution in [2.45, 2.75) is 19.3 Å². The largest absolute Gasteiger partial charge is 0.465 e. The fourth-order valence-corrected chi connectivity index (χ4v) is 3.59. The summed E-state index contributed by atoms with van der Waals surface area (Å²) in [4.78, 5) is 49.7. The van der Waals surface area contributed by atoms with E-state index in [4.69, 9.17) is 0 Å². The summed E-state index contributed by atoms with van der Waals surface area (Å²) in [7, 11) is 2.38. The number of nitrogens with zero attached hydrogens (tertiary/aromatic N) is 2. The van der Waals surface area contributed by atoms with E-state index in [-0.39, 0.29) is 28.1 Å². The minimum absolute atomic E-state index is 0.0390. The Bertz CT molecular complexity index is 1030. The molecule has 0 aromatic heterocycles. The standard InChI is InChI=1S/C22H23N3O7/c1-31-21(27)15-10-16(22(28)32-2)12-17(11-15)23-20(26)14-6-7-18(19(13-14)25(29)30)24-8-4-3-5-9-24/h6-7,10-13H,3-5,8-9H2,1-2H3,(H,23,26). The van der Waals surface area contributed by atoms with Gasteiger partial charge in [0.2, 0.25) is 0 Å². The highest BCUT2D eigenvalue weighted by atomic mass is 16.6. The Morgan fingerprint density at radius 1 is 0.906 bits per heavy atom. The quantitative estimate of drug-likeness (QED) is 0.410. The number of piperidine rings is 1. The maximum Gasteiger partial charge on any atom is 0.337 e. The van der Waals surface area contributed by atoms with Crippen molar-refractivity contribution >= 4 is 34.9 Å². The Morgan fingerprint density at radius 3 is 2.03 bits per heavy atom. The first-order valence-corrected chi connectivity index (χ1v) is 10.0. The molecule has 1 heterocycles. The SMILES string of the molecule is COC(=O)c1cc(NC(=O)c2ccc(N3CCCCC3)c([N+](=O)[O-])c2)cc(C(=O)OC)c1. The number of anilines is 2. The Kier molecular flexibility index (Phi) is 7.04. The molecule has 0 aliphatic carbocycles. The van der Waals surface area contributed by atoms with E-state index in [0.717, 1.165) is 32.4 Å². The zero-order valence-corrected chi connectivity index (χ0v) is 17.8. The fourth-order valence-electron chi connectivity index (χ4n) is 3.59. The van der Waals surface area contributed by atoms with Crippen LogP contribution in [0.3, 0.4) is 0 Å². The number of benzene rings is 2. The summed E-state index contributed by atoms with van der Waals surface area (Å²) < 4.78 is 9.36. The molecule has 1 N–H and O–H groups in total. The maximum absolute atomic E-state index is 12.8.